The molecule has 0 saturated carbocycles. The number of hydrogen-bond donors (Lipinski definition) is 4. The van der Waals surface area contributed by atoms with E-state index in [0.717, 1.165) is 0 Å². The molecule has 0 unspecified atom stereocenters. The number of carbonyl (C=O) groups is 4. The second-order valence-electron chi connectivity index (χ2n) is 6.69. The summed E-state index contributed by atoms with van der Waals surface area (Å²) in [6.07, 6.45) is 0. The van der Waals surface area contributed by atoms with E-state index in [1.165, 1.54) is 30.3 Å². The molecule has 0 bridgehead atoms. The second-order valence-corrected chi connectivity index (χ2v) is 6.69. The van der Waals surface area contributed by atoms with E-state index >= 15 is 0 Å². The molecule has 0 radical (unpaired) electrons. The Kier molecular flexibility index (Phi) is 4.13. The molecule has 0 aliphatic carbocycles. The highest BCUT2D eigenvalue weighted by Crippen LogP contribution is 2.34. The summed E-state index contributed by atoms with van der Waals surface area (Å²) in [6.45, 7) is 0. The number of carboxylic acids is 4. The van der Waals surface area contributed by atoms with E-state index in [1.54, 1.807) is 18.2 Å². The Bertz CT molecular complexity index is 1450. The lowest BCUT2D eigenvalue weighted by molar-refractivity contribution is 0.0652. The lowest BCUT2D eigenvalue weighted by atomic mass is 9.91. The molecule has 0 aliphatic heterocycles. The Morgan fingerprint density at radius 3 is 1.60 bits per heavy atom. The van der Waals surface area contributed by atoms with Crippen molar-refractivity contribution >= 4 is 56.2 Å². The van der Waals surface area contributed by atoms with Crippen molar-refractivity contribution < 1.29 is 39.6 Å². The first-order valence-electron chi connectivity index (χ1n) is 8.59. The Balaban J connectivity index is 2.22. The molecule has 0 aromatic heterocycles. The number of fused-ring (bicyclic) bond motifs is 3. The predicted octanol–water partition coefficient (Wildman–Crippen LogP) is 3.94. The molecular weight excluding hydrogens is 392 g/mol. The molecule has 0 heterocycles. The maximum absolute atomic E-state index is 12.1. The highest BCUT2D eigenvalue weighted by molar-refractivity contribution is 6.22. The summed E-state index contributed by atoms with van der Waals surface area (Å²) < 4.78 is 0. The SMILES string of the molecule is O=C(O)c1cc2cc3cc4cccc(C(=O)O)c4c(C(=O)O)c3cc2cc1C(=O)O. The van der Waals surface area contributed by atoms with Crippen LogP contribution < -0.4 is 0 Å². The normalized spacial score (nSPS) is 11.1. The molecule has 8 nitrogen and oxygen atoms in total. The van der Waals surface area contributed by atoms with Crippen LogP contribution in [0.1, 0.15) is 41.4 Å². The Hall–Kier alpha value is -4.46. The minimum atomic E-state index is -1.43. The molecule has 30 heavy (non-hydrogen) atoms. The van der Waals surface area contributed by atoms with E-state index in [-0.39, 0.29) is 27.5 Å². The van der Waals surface area contributed by atoms with Crippen LogP contribution in [-0.2, 0) is 0 Å². The maximum Gasteiger partial charge on any atom is 0.336 e. The van der Waals surface area contributed by atoms with E-state index in [2.05, 4.69) is 0 Å². The van der Waals surface area contributed by atoms with Crippen LogP contribution in [-0.4, -0.2) is 44.3 Å². The molecule has 4 N–H and O–H groups in total. The minimum Gasteiger partial charge on any atom is -0.478 e. The molecule has 4 rings (SSSR count). The summed E-state index contributed by atoms with van der Waals surface area (Å²) in [4.78, 5) is 46.7. The van der Waals surface area contributed by atoms with Gasteiger partial charge in [0.05, 0.1) is 22.3 Å². The first-order valence-corrected chi connectivity index (χ1v) is 8.59. The van der Waals surface area contributed by atoms with Crippen LogP contribution in [0.25, 0.3) is 32.3 Å². The van der Waals surface area contributed by atoms with Crippen LogP contribution in [0.15, 0.2) is 48.5 Å². The fraction of sp³-hybridized carbons (Fsp3) is 0. The minimum absolute atomic E-state index is 0.0602. The van der Waals surface area contributed by atoms with Crippen LogP contribution in [0.5, 0.6) is 0 Å². The van der Waals surface area contributed by atoms with Crippen molar-refractivity contribution in [3.05, 3.63) is 70.8 Å². The van der Waals surface area contributed by atoms with Crippen molar-refractivity contribution in [2.75, 3.05) is 0 Å². The fourth-order valence-corrected chi connectivity index (χ4v) is 3.73. The average molecular weight is 404 g/mol. The topological polar surface area (TPSA) is 149 Å². The molecule has 0 amide bonds. The monoisotopic (exact) mass is 404 g/mol. The quantitative estimate of drug-likeness (QED) is 0.374. The summed E-state index contributed by atoms with van der Waals surface area (Å²) in [5.41, 5.74) is -1.21. The van der Waals surface area contributed by atoms with Crippen molar-refractivity contribution in [3.63, 3.8) is 0 Å². The first-order chi connectivity index (χ1) is 14.2. The van der Waals surface area contributed by atoms with Crippen LogP contribution in [0.3, 0.4) is 0 Å². The van der Waals surface area contributed by atoms with Crippen molar-refractivity contribution in [2.24, 2.45) is 0 Å². The molecular formula is C22H12O8. The van der Waals surface area contributed by atoms with Gasteiger partial charge in [-0.1, -0.05) is 12.1 Å². The summed E-state index contributed by atoms with van der Waals surface area (Å²) in [5, 5.41) is 39.9. The van der Waals surface area contributed by atoms with E-state index in [9.17, 15) is 39.6 Å². The van der Waals surface area contributed by atoms with E-state index in [4.69, 9.17) is 0 Å². The lowest BCUT2D eigenvalue weighted by Gasteiger charge is -2.13. The summed E-state index contributed by atoms with van der Waals surface area (Å²) in [7, 11) is 0. The van der Waals surface area contributed by atoms with Crippen LogP contribution in [0, 0.1) is 0 Å². The zero-order valence-corrected chi connectivity index (χ0v) is 15.0. The van der Waals surface area contributed by atoms with Crippen LogP contribution in [0.2, 0.25) is 0 Å². The molecule has 8 heteroatoms. The molecule has 4 aromatic rings. The van der Waals surface area contributed by atoms with Gasteiger partial charge in [-0.15, -0.1) is 0 Å². The molecule has 0 spiro atoms. The molecule has 148 valence electrons. The highest BCUT2D eigenvalue weighted by Gasteiger charge is 2.22. The highest BCUT2D eigenvalue weighted by atomic mass is 16.4. The molecule has 4 aromatic carbocycles. The van der Waals surface area contributed by atoms with Gasteiger partial charge in [0.25, 0.3) is 0 Å². The summed E-state index contributed by atoms with van der Waals surface area (Å²) in [6, 6.07) is 11.4. The fourth-order valence-electron chi connectivity index (χ4n) is 3.73. The maximum atomic E-state index is 12.1. The van der Waals surface area contributed by atoms with Gasteiger partial charge in [-0.25, -0.2) is 19.2 Å². The molecule has 0 aliphatic rings. The number of hydrogen-bond acceptors (Lipinski definition) is 4. The lowest BCUT2D eigenvalue weighted by Crippen LogP contribution is -2.08. The molecule has 0 atom stereocenters. The van der Waals surface area contributed by atoms with Crippen molar-refractivity contribution in [1.82, 2.24) is 0 Å². The Labute approximate surface area is 167 Å². The first kappa shape index (κ1) is 18.9. The Morgan fingerprint density at radius 2 is 1.07 bits per heavy atom. The van der Waals surface area contributed by atoms with Gasteiger partial charge in [0.2, 0.25) is 0 Å². The molecule has 0 fully saturated rings. The van der Waals surface area contributed by atoms with Gasteiger partial charge in [-0.3, -0.25) is 0 Å². The van der Waals surface area contributed by atoms with Crippen molar-refractivity contribution in [3.8, 4) is 0 Å². The molecule has 0 saturated heterocycles. The predicted molar refractivity (Wildman–Crippen MR) is 107 cm³/mol. The van der Waals surface area contributed by atoms with Gasteiger partial charge >= 0.3 is 23.9 Å². The van der Waals surface area contributed by atoms with Gasteiger partial charge in [0.1, 0.15) is 0 Å². The number of benzene rings is 4. The van der Waals surface area contributed by atoms with Gasteiger partial charge in [0, 0.05) is 5.39 Å². The largest absolute Gasteiger partial charge is 0.478 e. The van der Waals surface area contributed by atoms with E-state index < -0.39 is 29.4 Å². The van der Waals surface area contributed by atoms with E-state index in [1.807, 2.05) is 0 Å². The average Bonchev–Trinajstić information content (AvgIpc) is 2.68. The number of rotatable bonds is 4. The third-order valence-electron chi connectivity index (χ3n) is 4.98. The Morgan fingerprint density at radius 1 is 0.533 bits per heavy atom. The number of carboxylic acid groups (broad SMARTS) is 4. The second kappa shape index (κ2) is 6.56. The van der Waals surface area contributed by atoms with Gasteiger partial charge < -0.3 is 20.4 Å². The number of aromatic carboxylic acids is 4. The van der Waals surface area contributed by atoms with Gasteiger partial charge in [-0.05, 0) is 63.3 Å². The summed E-state index contributed by atoms with van der Waals surface area (Å²) in [5.74, 6) is -5.44. The van der Waals surface area contributed by atoms with Gasteiger partial charge in [-0.2, -0.15) is 0 Å². The third kappa shape index (κ3) is 2.78. The zero-order chi connectivity index (χ0) is 21.7. The standard InChI is InChI=1S/C22H12O8/c23-19(24)13-3-1-2-9-4-12-5-10-7-15(20(25)26)16(21(27)28)8-11(10)6-14(12)18(17(9)13)22(29)30/h1-8H,(H,23,24)(H,25,26)(H,27,28)(H,29,30). The van der Waals surface area contributed by atoms with Crippen LogP contribution >= 0.6 is 0 Å². The summed E-state index contributed by atoms with van der Waals surface area (Å²) >= 11 is 0. The van der Waals surface area contributed by atoms with E-state index in [0.29, 0.717) is 21.5 Å². The van der Waals surface area contributed by atoms with Crippen LogP contribution in [0.4, 0.5) is 0 Å². The zero-order valence-electron chi connectivity index (χ0n) is 15.0. The van der Waals surface area contributed by atoms with Crippen molar-refractivity contribution in [2.45, 2.75) is 0 Å². The van der Waals surface area contributed by atoms with Crippen molar-refractivity contribution in [1.29, 1.82) is 0 Å². The van der Waals surface area contributed by atoms with Gasteiger partial charge in [0.15, 0.2) is 0 Å². The smallest absolute Gasteiger partial charge is 0.336 e. The third-order valence-corrected chi connectivity index (χ3v) is 4.98.